The van der Waals surface area contributed by atoms with Gasteiger partial charge in [-0.2, -0.15) is 4.98 Å². The molecule has 0 amide bonds. The molecule has 3 rings (SSSR count). The summed E-state index contributed by atoms with van der Waals surface area (Å²) in [5.74, 6) is -1.08. The Balaban J connectivity index is 1.52. The molecule has 0 bridgehead atoms. The maximum absolute atomic E-state index is 14.2. The average molecular weight is 465 g/mol. The van der Waals surface area contributed by atoms with Crippen molar-refractivity contribution in [3.63, 3.8) is 0 Å². The Morgan fingerprint density at radius 1 is 1.24 bits per heavy atom. The van der Waals surface area contributed by atoms with Crippen LogP contribution in [0.3, 0.4) is 0 Å². The maximum atomic E-state index is 14.2. The van der Waals surface area contributed by atoms with Gasteiger partial charge in [0.05, 0.1) is 18.8 Å². The fraction of sp³-hybridized carbons (Fsp3) is 0.545. The largest absolute Gasteiger partial charge is 0.528 e. The van der Waals surface area contributed by atoms with E-state index in [0.717, 1.165) is 6.07 Å². The number of carbonyl (C=O) groups excluding carboxylic acids is 2. The highest BCUT2D eigenvalue weighted by Crippen LogP contribution is 2.26. The molecule has 11 heteroatoms. The van der Waals surface area contributed by atoms with Crippen molar-refractivity contribution in [3.8, 4) is 11.4 Å². The molecule has 180 valence electrons. The van der Waals surface area contributed by atoms with Gasteiger partial charge in [-0.05, 0) is 58.7 Å². The lowest BCUT2D eigenvalue weighted by molar-refractivity contribution is -0.169. The van der Waals surface area contributed by atoms with Gasteiger partial charge in [-0.25, -0.2) is 14.0 Å². The number of benzene rings is 1. The highest BCUT2D eigenvalue weighted by Gasteiger charge is 2.28. The van der Waals surface area contributed by atoms with Crippen LogP contribution in [-0.2, 0) is 19.0 Å². The first-order valence-corrected chi connectivity index (χ1v) is 10.6. The number of hydrogen-bond donors (Lipinski definition) is 0. The summed E-state index contributed by atoms with van der Waals surface area (Å²) in [6, 6.07) is 3.96. The average Bonchev–Trinajstić information content (AvgIpc) is 3.23. The van der Waals surface area contributed by atoms with Crippen molar-refractivity contribution < 1.29 is 37.6 Å². The van der Waals surface area contributed by atoms with Crippen LogP contribution in [-0.4, -0.2) is 59.2 Å². The van der Waals surface area contributed by atoms with Gasteiger partial charge in [-0.3, -0.25) is 0 Å². The second kappa shape index (κ2) is 10.3. The molecular weight excluding hydrogens is 437 g/mol. The van der Waals surface area contributed by atoms with E-state index in [2.05, 4.69) is 14.9 Å². The Bertz CT molecular complexity index is 981. The lowest BCUT2D eigenvalue weighted by Crippen LogP contribution is -2.40. The monoisotopic (exact) mass is 465 g/mol. The molecule has 0 N–H and O–H groups in total. The van der Waals surface area contributed by atoms with Crippen LogP contribution in [0.5, 0.6) is 0 Å². The minimum atomic E-state index is -0.766. The molecule has 1 aliphatic rings. The van der Waals surface area contributed by atoms with Crippen molar-refractivity contribution in [1.29, 1.82) is 0 Å². The minimum absolute atomic E-state index is 0.0920. The number of hydroxylamine groups is 2. The van der Waals surface area contributed by atoms with Crippen molar-refractivity contribution in [2.24, 2.45) is 0 Å². The van der Waals surface area contributed by atoms with Crippen molar-refractivity contribution in [2.45, 2.75) is 58.3 Å². The van der Waals surface area contributed by atoms with Gasteiger partial charge in [0.1, 0.15) is 17.5 Å². The fourth-order valence-electron chi connectivity index (χ4n) is 3.23. The van der Waals surface area contributed by atoms with Gasteiger partial charge >= 0.3 is 12.1 Å². The predicted octanol–water partition coefficient (Wildman–Crippen LogP) is 4.07. The predicted molar refractivity (Wildman–Crippen MR) is 112 cm³/mol. The second-order valence-corrected chi connectivity index (χ2v) is 8.60. The van der Waals surface area contributed by atoms with E-state index in [1.54, 1.807) is 32.8 Å². The van der Waals surface area contributed by atoms with Gasteiger partial charge < -0.3 is 23.6 Å². The number of halogens is 1. The SMILES string of the molecule is COC(=O)c1ccc(-c2noc(C(C)OC3CCN(OC(=O)OC(C)(C)C)CC3)n2)cc1F. The molecule has 0 aliphatic carbocycles. The molecule has 1 saturated heterocycles. The van der Waals surface area contributed by atoms with Gasteiger partial charge in [0.2, 0.25) is 5.82 Å². The molecular formula is C22H28FN3O7. The van der Waals surface area contributed by atoms with E-state index in [0.29, 0.717) is 31.5 Å². The summed E-state index contributed by atoms with van der Waals surface area (Å²) in [6.07, 6.45) is -0.0491. The van der Waals surface area contributed by atoms with Crippen LogP contribution < -0.4 is 0 Å². The van der Waals surface area contributed by atoms with Crippen LogP contribution in [0.25, 0.3) is 11.4 Å². The van der Waals surface area contributed by atoms with Crippen LogP contribution in [0, 0.1) is 5.82 Å². The molecule has 2 heterocycles. The first-order valence-electron chi connectivity index (χ1n) is 10.6. The third-order valence-electron chi connectivity index (χ3n) is 4.81. The molecule has 1 aromatic heterocycles. The van der Waals surface area contributed by atoms with Crippen LogP contribution >= 0.6 is 0 Å². The smallest absolute Gasteiger partial charge is 0.465 e. The first kappa shape index (κ1) is 24.6. The van der Waals surface area contributed by atoms with Crippen LogP contribution in [0.2, 0.25) is 0 Å². The van der Waals surface area contributed by atoms with E-state index in [-0.39, 0.29) is 23.4 Å². The van der Waals surface area contributed by atoms with Crippen LogP contribution in [0.15, 0.2) is 22.7 Å². The summed E-state index contributed by atoms with van der Waals surface area (Å²) in [7, 11) is 1.18. The van der Waals surface area contributed by atoms with Crippen molar-refractivity contribution >= 4 is 12.1 Å². The van der Waals surface area contributed by atoms with Gasteiger partial charge in [-0.15, -0.1) is 5.06 Å². The Hall–Kier alpha value is -3.05. The summed E-state index contributed by atoms with van der Waals surface area (Å²) in [5.41, 5.74) is -0.440. The number of aromatic nitrogens is 2. The zero-order chi connectivity index (χ0) is 24.2. The Morgan fingerprint density at radius 2 is 1.94 bits per heavy atom. The van der Waals surface area contributed by atoms with E-state index >= 15 is 0 Å². The Labute approximate surface area is 190 Å². The fourth-order valence-corrected chi connectivity index (χ4v) is 3.23. The quantitative estimate of drug-likeness (QED) is 0.578. The Morgan fingerprint density at radius 3 is 2.55 bits per heavy atom. The van der Waals surface area contributed by atoms with Crippen LogP contribution in [0.4, 0.5) is 9.18 Å². The number of methoxy groups -OCH3 is 1. The molecule has 0 radical (unpaired) electrons. The van der Waals surface area contributed by atoms with Gasteiger partial charge in [0.25, 0.3) is 5.89 Å². The topological polar surface area (TPSA) is 113 Å². The molecule has 1 aromatic carbocycles. The number of ether oxygens (including phenoxy) is 3. The number of carbonyl (C=O) groups is 2. The summed E-state index contributed by atoms with van der Waals surface area (Å²) >= 11 is 0. The van der Waals surface area contributed by atoms with E-state index in [9.17, 15) is 14.0 Å². The zero-order valence-electron chi connectivity index (χ0n) is 19.3. The molecule has 0 spiro atoms. The van der Waals surface area contributed by atoms with E-state index in [4.69, 9.17) is 18.8 Å². The van der Waals surface area contributed by atoms with Gasteiger partial charge in [-0.1, -0.05) is 5.16 Å². The Kier molecular flexibility index (Phi) is 7.65. The minimum Gasteiger partial charge on any atom is -0.465 e. The molecule has 33 heavy (non-hydrogen) atoms. The number of esters is 1. The lowest BCUT2D eigenvalue weighted by Gasteiger charge is -2.31. The zero-order valence-corrected chi connectivity index (χ0v) is 19.3. The summed E-state index contributed by atoms with van der Waals surface area (Å²) in [5, 5.41) is 5.43. The van der Waals surface area contributed by atoms with Crippen molar-refractivity contribution in [2.75, 3.05) is 20.2 Å². The normalized spacial score (nSPS) is 16.3. The first-order chi connectivity index (χ1) is 15.6. The lowest BCUT2D eigenvalue weighted by atomic mass is 10.1. The third kappa shape index (κ3) is 6.72. The summed E-state index contributed by atoms with van der Waals surface area (Å²) in [6.45, 7) is 8.09. The number of nitrogens with zero attached hydrogens (tertiary/aromatic N) is 3. The second-order valence-electron chi connectivity index (χ2n) is 8.60. The molecule has 10 nitrogen and oxygen atoms in total. The van der Waals surface area contributed by atoms with Crippen molar-refractivity contribution in [3.05, 3.63) is 35.5 Å². The molecule has 0 saturated carbocycles. The molecule has 1 atom stereocenters. The third-order valence-corrected chi connectivity index (χ3v) is 4.81. The summed E-state index contributed by atoms with van der Waals surface area (Å²) in [4.78, 5) is 32.8. The van der Waals surface area contributed by atoms with Gasteiger partial charge in [0, 0.05) is 18.7 Å². The highest BCUT2D eigenvalue weighted by atomic mass is 19.1. The number of hydrogen-bond acceptors (Lipinski definition) is 10. The number of piperidine rings is 1. The maximum Gasteiger partial charge on any atom is 0.528 e. The molecule has 1 aliphatic heterocycles. The molecule has 2 aromatic rings. The van der Waals surface area contributed by atoms with E-state index < -0.39 is 29.6 Å². The van der Waals surface area contributed by atoms with Gasteiger partial charge in [0.15, 0.2) is 0 Å². The van der Waals surface area contributed by atoms with Crippen molar-refractivity contribution in [1.82, 2.24) is 15.2 Å². The standard InChI is InChI=1S/C22H28FN3O7/c1-13(30-15-8-10-26(11-9-15)33-21(28)31-22(2,3)4)19-24-18(25-32-19)14-6-7-16(17(23)12-14)20(27)29-5/h6-7,12-13,15H,8-11H2,1-5H3. The van der Waals surface area contributed by atoms with E-state index in [1.807, 2.05) is 0 Å². The summed E-state index contributed by atoms with van der Waals surface area (Å²) < 4.78 is 35.2. The van der Waals surface area contributed by atoms with Crippen LogP contribution in [0.1, 0.15) is 62.9 Å². The number of rotatable bonds is 6. The van der Waals surface area contributed by atoms with E-state index in [1.165, 1.54) is 19.2 Å². The molecule has 1 unspecified atom stereocenters. The molecule has 1 fully saturated rings. The highest BCUT2D eigenvalue weighted by molar-refractivity contribution is 5.90.